The molecule has 1 atom stereocenters. The first-order valence-corrected chi connectivity index (χ1v) is 10.4. The highest BCUT2D eigenvalue weighted by Gasteiger charge is 2.22. The van der Waals surface area contributed by atoms with Gasteiger partial charge in [0.05, 0.1) is 29.5 Å². The molecular weight excluding hydrogens is 404 g/mol. The number of ether oxygens (including phenoxy) is 3. The SMILES string of the molecule is COC(=O)[C@H](C)Oc1cc2c3c(c1)nc(-c1ccc4nc(N)sc4c1)n3CCCO2. The zero-order valence-electron chi connectivity index (χ0n) is 16.5. The van der Waals surface area contributed by atoms with E-state index in [1.165, 1.54) is 18.4 Å². The molecule has 1 aliphatic rings. The number of rotatable bonds is 4. The van der Waals surface area contributed by atoms with Gasteiger partial charge in [-0.2, -0.15) is 0 Å². The van der Waals surface area contributed by atoms with Crippen molar-refractivity contribution in [2.45, 2.75) is 26.0 Å². The molecule has 2 aromatic heterocycles. The number of hydrogen-bond acceptors (Lipinski definition) is 8. The highest BCUT2D eigenvalue weighted by Crippen LogP contribution is 2.38. The number of hydrogen-bond donors (Lipinski definition) is 1. The minimum Gasteiger partial charge on any atom is -0.491 e. The minimum atomic E-state index is -0.730. The van der Waals surface area contributed by atoms with Gasteiger partial charge >= 0.3 is 5.97 Å². The number of aryl methyl sites for hydroxylation is 1. The highest BCUT2D eigenvalue weighted by atomic mass is 32.1. The second kappa shape index (κ2) is 7.17. The van der Waals surface area contributed by atoms with Gasteiger partial charge in [-0.05, 0) is 31.5 Å². The normalized spacial score (nSPS) is 14.3. The molecule has 0 amide bonds. The van der Waals surface area contributed by atoms with Crippen LogP contribution in [0.15, 0.2) is 30.3 Å². The van der Waals surface area contributed by atoms with Gasteiger partial charge < -0.3 is 24.5 Å². The molecule has 0 spiro atoms. The molecule has 4 aromatic rings. The second-order valence-corrected chi connectivity index (χ2v) is 8.16. The molecular formula is C21H20N4O4S. The molecule has 30 heavy (non-hydrogen) atoms. The van der Waals surface area contributed by atoms with Crippen LogP contribution in [0.4, 0.5) is 5.13 Å². The van der Waals surface area contributed by atoms with Crippen LogP contribution in [0, 0.1) is 0 Å². The molecule has 0 bridgehead atoms. The Labute approximate surface area is 176 Å². The first-order chi connectivity index (χ1) is 14.5. The van der Waals surface area contributed by atoms with E-state index in [4.69, 9.17) is 24.9 Å². The maximum absolute atomic E-state index is 11.7. The summed E-state index contributed by atoms with van der Waals surface area (Å²) >= 11 is 1.46. The van der Waals surface area contributed by atoms with Crippen molar-refractivity contribution in [3.05, 3.63) is 30.3 Å². The van der Waals surface area contributed by atoms with Crippen molar-refractivity contribution >= 4 is 43.7 Å². The summed E-state index contributed by atoms with van der Waals surface area (Å²) in [4.78, 5) is 21.0. The van der Waals surface area contributed by atoms with Gasteiger partial charge in [-0.25, -0.2) is 14.8 Å². The van der Waals surface area contributed by atoms with Crippen molar-refractivity contribution in [2.24, 2.45) is 0 Å². The summed E-state index contributed by atoms with van der Waals surface area (Å²) in [6.45, 7) is 3.03. The van der Waals surface area contributed by atoms with Crippen molar-refractivity contribution in [3.8, 4) is 22.9 Å². The van der Waals surface area contributed by atoms with Crippen LogP contribution in [0.25, 0.3) is 32.6 Å². The average Bonchev–Trinajstić information content (AvgIpc) is 3.21. The summed E-state index contributed by atoms with van der Waals surface area (Å²) in [5, 5.41) is 0.547. The Morgan fingerprint density at radius 2 is 2.13 bits per heavy atom. The number of fused-ring (bicyclic) bond motifs is 1. The standard InChI is InChI=1S/C21H20N4O4S/c1-11(20(26)27-2)29-13-9-15-18-16(10-13)28-7-3-6-25(18)19(23-15)12-4-5-14-17(8-12)30-21(22)24-14/h4-5,8-11H,3,6-7H2,1-2H3,(H2,22,24)/t11-/m0/s1. The predicted molar refractivity (Wildman–Crippen MR) is 115 cm³/mol. The number of nitrogens with zero attached hydrogens (tertiary/aromatic N) is 3. The van der Waals surface area contributed by atoms with Crippen LogP contribution in [0.1, 0.15) is 13.3 Å². The van der Waals surface area contributed by atoms with Crippen LogP contribution in [0.5, 0.6) is 11.5 Å². The Kier molecular flexibility index (Phi) is 4.47. The van der Waals surface area contributed by atoms with E-state index in [1.807, 2.05) is 24.3 Å². The lowest BCUT2D eigenvalue weighted by atomic mass is 10.2. The van der Waals surface area contributed by atoms with Gasteiger partial charge in [0.25, 0.3) is 0 Å². The summed E-state index contributed by atoms with van der Waals surface area (Å²) in [6.07, 6.45) is 0.128. The zero-order valence-corrected chi connectivity index (χ0v) is 17.4. The number of nitrogens with two attached hydrogens (primary N) is 1. The minimum absolute atomic E-state index is 0.440. The van der Waals surface area contributed by atoms with E-state index in [-0.39, 0.29) is 0 Å². The summed E-state index contributed by atoms with van der Waals surface area (Å²) in [6, 6.07) is 9.67. The smallest absolute Gasteiger partial charge is 0.346 e. The molecule has 0 fully saturated rings. The van der Waals surface area contributed by atoms with Gasteiger partial charge in [-0.15, -0.1) is 0 Å². The van der Waals surface area contributed by atoms with Crippen LogP contribution in [-0.2, 0) is 16.1 Å². The van der Waals surface area contributed by atoms with Crippen LogP contribution in [-0.4, -0.2) is 40.3 Å². The van der Waals surface area contributed by atoms with Crippen molar-refractivity contribution in [2.75, 3.05) is 19.5 Å². The van der Waals surface area contributed by atoms with Crippen LogP contribution >= 0.6 is 11.3 Å². The molecule has 0 aliphatic carbocycles. The number of aromatic nitrogens is 3. The van der Waals surface area contributed by atoms with Crippen molar-refractivity contribution in [1.29, 1.82) is 0 Å². The fraction of sp³-hybridized carbons (Fsp3) is 0.286. The van der Waals surface area contributed by atoms with Gasteiger partial charge in [-0.3, -0.25) is 0 Å². The fourth-order valence-electron chi connectivity index (χ4n) is 3.73. The van der Waals surface area contributed by atoms with E-state index >= 15 is 0 Å². The summed E-state index contributed by atoms with van der Waals surface area (Å²) in [7, 11) is 1.34. The first-order valence-electron chi connectivity index (χ1n) is 9.61. The monoisotopic (exact) mass is 424 g/mol. The predicted octanol–water partition coefficient (Wildman–Crippen LogP) is 3.62. The van der Waals surface area contributed by atoms with Crippen molar-refractivity contribution in [3.63, 3.8) is 0 Å². The molecule has 9 heteroatoms. The number of benzene rings is 2. The molecule has 0 saturated carbocycles. The summed E-state index contributed by atoms with van der Waals surface area (Å²) < 4.78 is 19.7. The van der Waals surface area contributed by atoms with E-state index in [1.54, 1.807) is 6.92 Å². The zero-order chi connectivity index (χ0) is 20.8. The first kappa shape index (κ1) is 18.7. The third kappa shape index (κ3) is 3.11. The number of methoxy groups -OCH3 is 1. The lowest BCUT2D eigenvalue weighted by Gasteiger charge is -2.13. The Morgan fingerprint density at radius 1 is 1.27 bits per heavy atom. The van der Waals surface area contributed by atoms with Gasteiger partial charge in [0.2, 0.25) is 0 Å². The van der Waals surface area contributed by atoms with Gasteiger partial charge in [0, 0.05) is 24.2 Å². The Balaban J connectivity index is 1.63. The lowest BCUT2D eigenvalue weighted by Crippen LogP contribution is -2.24. The van der Waals surface area contributed by atoms with Crippen LogP contribution in [0.3, 0.4) is 0 Å². The largest absolute Gasteiger partial charge is 0.491 e. The molecule has 2 aromatic carbocycles. The van der Waals surface area contributed by atoms with E-state index in [9.17, 15) is 4.79 Å². The van der Waals surface area contributed by atoms with E-state index in [0.717, 1.165) is 45.6 Å². The Bertz CT molecular complexity index is 1280. The molecule has 5 rings (SSSR count). The van der Waals surface area contributed by atoms with Crippen molar-refractivity contribution in [1.82, 2.24) is 14.5 Å². The second-order valence-electron chi connectivity index (χ2n) is 7.10. The number of thiazole rings is 1. The summed E-state index contributed by atoms with van der Waals surface area (Å²) in [5.41, 5.74) is 9.39. The average molecular weight is 424 g/mol. The highest BCUT2D eigenvalue weighted by molar-refractivity contribution is 7.22. The molecule has 2 N–H and O–H groups in total. The number of carbonyl (C=O) groups is 1. The number of carbonyl (C=O) groups excluding carboxylic acids is 1. The van der Waals surface area contributed by atoms with E-state index in [2.05, 4.69) is 15.6 Å². The van der Waals surface area contributed by atoms with E-state index < -0.39 is 12.1 Å². The maximum Gasteiger partial charge on any atom is 0.346 e. The van der Waals surface area contributed by atoms with Crippen LogP contribution in [0.2, 0.25) is 0 Å². The van der Waals surface area contributed by atoms with Crippen LogP contribution < -0.4 is 15.2 Å². The van der Waals surface area contributed by atoms with E-state index in [0.29, 0.717) is 23.2 Å². The maximum atomic E-state index is 11.7. The molecule has 0 unspecified atom stereocenters. The van der Waals surface area contributed by atoms with Crippen molar-refractivity contribution < 1.29 is 19.0 Å². The van der Waals surface area contributed by atoms with Gasteiger partial charge in [0.1, 0.15) is 22.8 Å². The molecule has 0 saturated heterocycles. The Hall–Kier alpha value is -3.33. The molecule has 3 heterocycles. The number of imidazole rings is 1. The number of nitrogen functional groups attached to an aromatic ring is 1. The Morgan fingerprint density at radius 3 is 2.97 bits per heavy atom. The number of esters is 1. The molecule has 8 nitrogen and oxygen atoms in total. The third-order valence-electron chi connectivity index (χ3n) is 5.07. The van der Waals surface area contributed by atoms with Gasteiger partial charge in [-0.1, -0.05) is 11.3 Å². The molecule has 0 radical (unpaired) electrons. The third-order valence-corrected chi connectivity index (χ3v) is 5.92. The van der Waals surface area contributed by atoms with Gasteiger partial charge in [0.15, 0.2) is 11.2 Å². The fourth-order valence-corrected chi connectivity index (χ4v) is 4.50. The lowest BCUT2D eigenvalue weighted by molar-refractivity contribution is -0.147. The molecule has 154 valence electrons. The number of anilines is 1. The molecule has 1 aliphatic heterocycles. The topological polar surface area (TPSA) is 101 Å². The quantitative estimate of drug-likeness (QED) is 0.499. The summed E-state index contributed by atoms with van der Waals surface area (Å²) in [5.74, 6) is 1.62.